The molecule has 2 nitrogen and oxygen atoms in total. The summed E-state index contributed by atoms with van der Waals surface area (Å²) in [7, 11) is 3.98. The second-order valence-corrected chi connectivity index (χ2v) is 4.03. The van der Waals surface area contributed by atoms with Gasteiger partial charge in [-0.25, -0.2) is 4.39 Å². The second-order valence-electron chi connectivity index (χ2n) is 4.03. The number of hydrogen-bond donors (Lipinski definition) is 1. The van der Waals surface area contributed by atoms with Crippen LogP contribution in [0.5, 0.6) is 0 Å². The van der Waals surface area contributed by atoms with Gasteiger partial charge in [0.15, 0.2) is 0 Å². The summed E-state index contributed by atoms with van der Waals surface area (Å²) in [6, 6.07) is 6.79. The maximum absolute atomic E-state index is 12.8. The van der Waals surface area contributed by atoms with Crippen LogP contribution in [0.3, 0.4) is 0 Å². The molecule has 0 heterocycles. The summed E-state index contributed by atoms with van der Waals surface area (Å²) in [6.07, 6.45) is 0.903. The fraction of sp³-hybridized carbons (Fsp3) is 0.500. The zero-order valence-electron chi connectivity index (χ0n) is 9.57. The van der Waals surface area contributed by atoms with E-state index in [1.807, 2.05) is 14.1 Å². The summed E-state index contributed by atoms with van der Waals surface area (Å²) >= 11 is 0. The quantitative estimate of drug-likeness (QED) is 0.825. The molecule has 0 bridgehead atoms. The predicted octanol–water partition coefficient (Wildman–Crippen LogP) is 2.17. The Morgan fingerprint density at radius 3 is 2.20 bits per heavy atom. The van der Waals surface area contributed by atoms with Gasteiger partial charge in [0.1, 0.15) is 5.82 Å². The third kappa shape index (κ3) is 3.01. The van der Waals surface area contributed by atoms with Gasteiger partial charge in [-0.1, -0.05) is 19.1 Å². The van der Waals surface area contributed by atoms with Crippen molar-refractivity contribution in [3.8, 4) is 0 Å². The molecule has 0 aliphatic heterocycles. The van der Waals surface area contributed by atoms with E-state index in [0.717, 1.165) is 12.0 Å². The molecule has 0 aliphatic carbocycles. The molecular formula is C12H19FN2. The Morgan fingerprint density at radius 2 is 1.80 bits per heavy atom. The average molecular weight is 210 g/mol. The van der Waals surface area contributed by atoms with Crippen molar-refractivity contribution >= 4 is 0 Å². The third-order valence-electron chi connectivity index (χ3n) is 2.64. The standard InChI is InChI=1S/C12H19FN2/c1-4-11(14)12(15(2)3)9-5-7-10(13)8-6-9/h5-8,11-12H,4,14H2,1-3H3. The van der Waals surface area contributed by atoms with Gasteiger partial charge in [-0.05, 0) is 38.2 Å². The highest BCUT2D eigenvalue weighted by Crippen LogP contribution is 2.22. The molecule has 2 N–H and O–H groups in total. The first-order valence-corrected chi connectivity index (χ1v) is 5.23. The highest BCUT2D eigenvalue weighted by atomic mass is 19.1. The molecule has 15 heavy (non-hydrogen) atoms. The maximum Gasteiger partial charge on any atom is 0.123 e. The Morgan fingerprint density at radius 1 is 1.27 bits per heavy atom. The third-order valence-corrected chi connectivity index (χ3v) is 2.64. The van der Waals surface area contributed by atoms with E-state index in [1.54, 1.807) is 12.1 Å². The number of benzene rings is 1. The SMILES string of the molecule is CCC(N)C(c1ccc(F)cc1)N(C)C. The van der Waals surface area contributed by atoms with E-state index in [0.29, 0.717) is 0 Å². The molecule has 0 fully saturated rings. The van der Waals surface area contributed by atoms with Crippen molar-refractivity contribution in [1.29, 1.82) is 0 Å². The van der Waals surface area contributed by atoms with Gasteiger partial charge in [0.25, 0.3) is 0 Å². The minimum atomic E-state index is -0.207. The summed E-state index contributed by atoms with van der Waals surface area (Å²) < 4.78 is 12.8. The first kappa shape index (κ1) is 12.1. The molecule has 84 valence electrons. The molecule has 3 heteroatoms. The summed E-state index contributed by atoms with van der Waals surface area (Å²) in [6.45, 7) is 2.06. The van der Waals surface area contributed by atoms with Crippen LogP contribution in [0.4, 0.5) is 4.39 Å². The van der Waals surface area contributed by atoms with Crippen molar-refractivity contribution in [2.75, 3.05) is 14.1 Å². The van der Waals surface area contributed by atoms with Crippen molar-refractivity contribution in [3.05, 3.63) is 35.6 Å². The minimum Gasteiger partial charge on any atom is -0.326 e. The first-order valence-electron chi connectivity index (χ1n) is 5.23. The zero-order chi connectivity index (χ0) is 11.4. The lowest BCUT2D eigenvalue weighted by Gasteiger charge is -2.29. The molecule has 0 saturated heterocycles. The number of nitrogens with zero attached hydrogens (tertiary/aromatic N) is 1. The van der Waals surface area contributed by atoms with Crippen molar-refractivity contribution in [2.24, 2.45) is 5.73 Å². The molecule has 0 radical (unpaired) electrons. The smallest absolute Gasteiger partial charge is 0.123 e. The van der Waals surface area contributed by atoms with E-state index in [9.17, 15) is 4.39 Å². The van der Waals surface area contributed by atoms with Gasteiger partial charge in [-0.3, -0.25) is 0 Å². The van der Waals surface area contributed by atoms with Gasteiger partial charge in [-0.15, -0.1) is 0 Å². The normalized spacial score (nSPS) is 15.3. The van der Waals surface area contributed by atoms with Gasteiger partial charge in [0.05, 0.1) is 0 Å². The Hall–Kier alpha value is -0.930. The van der Waals surface area contributed by atoms with Gasteiger partial charge in [0.2, 0.25) is 0 Å². The Labute approximate surface area is 90.9 Å². The predicted molar refractivity (Wildman–Crippen MR) is 61.1 cm³/mol. The number of likely N-dealkylation sites (N-methyl/N-ethyl adjacent to an activating group) is 1. The van der Waals surface area contributed by atoms with Crippen LogP contribution < -0.4 is 5.73 Å². The van der Waals surface area contributed by atoms with Crippen LogP contribution in [0.1, 0.15) is 24.9 Å². The molecule has 2 atom stereocenters. The van der Waals surface area contributed by atoms with Crippen LogP contribution in [0.2, 0.25) is 0 Å². The van der Waals surface area contributed by atoms with Crippen LogP contribution >= 0.6 is 0 Å². The molecule has 1 rings (SSSR count). The second kappa shape index (κ2) is 5.24. The van der Waals surface area contributed by atoms with Crippen LogP contribution in [0.25, 0.3) is 0 Å². The van der Waals surface area contributed by atoms with Gasteiger partial charge in [0, 0.05) is 12.1 Å². The largest absolute Gasteiger partial charge is 0.326 e. The molecule has 1 aromatic rings. The summed E-state index contributed by atoms with van der Waals surface area (Å²) in [5, 5.41) is 0. The van der Waals surface area contributed by atoms with Crippen molar-refractivity contribution in [3.63, 3.8) is 0 Å². The topological polar surface area (TPSA) is 29.3 Å². The van der Waals surface area contributed by atoms with Crippen molar-refractivity contribution < 1.29 is 4.39 Å². The summed E-state index contributed by atoms with van der Waals surface area (Å²) in [4.78, 5) is 2.07. The first-order chi connectivity index (χ1) is 7.06. The highest BCUT2D eigenvalue weighted by molar-refractivity contribution is 5.21. The lowest BCUT2D eigenvalue weighted by Crippen LogP contribution is -2.36. The highest BCUT2D eigenvalue weighted by Gasteiger charge is 2.20. The molecule has 2 unspecified atom stereocenters. The Bertz CT molecular complexity index is 295. The summed E-state index contributed by atoms with van der Waals surface area (Å²) in [5.41, 5.74) is 7.12. The molecule has 0 spiro atoms. The zero-order valence-corrected chi connectivity index (χ0v) is 9.57. The van der Waals surface area contributed by atoms with E-state index >= 15 is 0 Å². The lowest BCUT2D eigenvalue weighted by atomic mass is 9.97. The van der Waals surface area contributed by atoms with Gasteiger partial charge < -0.3 is 10.6 Å². The lowest BCUT2D eigenvalue weighted by molar-refractivity contribution is 0.253. The van der Waals surface area contributed by atoms with Crippen LogP contribution in [-0.4, -0.2) is 25.0 Å². The van der Waals surface area contributed by atoms with Gasteiger partial charge in [-0.2, -0.15) is 0 Å². The van der Waals surface area contributed by atoms with Gasteiger partial charge >= 0.3 is 0 Å². The molecular weight excluding hydrogens is 191 g/mol. The van der Waals surface area contributed by atoms with E-state index < -0.39 is 0 Å². The molecule has 1 aromatic carbocycles. The number of hydrogen-bond acceptors (Lipinski definition) is 2. The summed E-state index contributed by atoms with van der Waals surface area (Å²) in [5.74, 6) is -0.207. The fourth-order valence-corrected chi connectivity index (χ4v) is 1.81. The van der Waals surface area contributed by atoms with E-state index in [2.05, 4.69) is 11.8 Å². The van der Waals surface area contributed by atoms with Crippen LogP contribution in [0, 0.1) is 5.82 Å². The number of rotatable bonds is 4. The van der Waals surface area contributed by atoms with Crippen molar-refractivity contribution in [1.82, 2.24) is 4.90 Å². The number of nitrogens with two attached hydrogens (primary N) is 1. The Balaban J connectivity index is 2.94. The molecule has 0 saturated carbocycles. The van der Waals surface area contributed by atoms with Crippen molar-refractivity contribution in [2.45, 2.75) is 25.4 Å². The fourth-order valence-electron chi connectivity index (χ4n) is 1.81. The average Bonchev–Trinajstić information content (AvgIpc) is 2.20. The Kier molecular flexibility index (Phi) is 4.24. The molecule has 0 aliphatic rings. The van der Waals surface area contributed by atoms with E-state index in [4.69, 9.17) is 5.73 Å². The monoisotopic (exact) mass is 210 g/mol. The van der Waals surface area contributed by atoms with Crippen LogP contribution in [0.15, 0.2) is 24.3 Å². The van der Waals surface area contributed by atoms with E-state index in [-0.39, 0.29) is 17.9 Å². The maximum atomic E-state index is 12.8. The van der Waals surface area contributed by atoms with E-state index in [1.165, 1.54) is 12.1 Å². The number of halogens is 1. The molecule has 0 amide bonds. The van der Waals surface area contributed by atoms with Crippen LogP contribution in [-0.2, 0) is 0 Å². The minimum absolute atomic E-state index is 0.0745. The molecule has 0 aromatic heterocycles.